The predicted molar refractivity (Wildman–Crippen MR) is 71.5 cm³/mol. The van der Waals surface area contributed by atoms with Gasteiger partial charge in [0.25, 0.3) is 0 Å². The van der Waals surface area contributed by atoms with Gasteiger partial charge in [0.2, 0.25) is 0 Å². The van der Waals surface area contributed by atoms with Crippen LogP contribution in [0.1, 0.15) is 18.1 Å². The lowest BCUT2D eigenvalue weighted by atomic mass is 10.1. The quantitative estimate of drug-likeness (QED) is 0.876. The van der Waals surface area contributed by atoms with Crippen molar-refractivity contribution in [3.63, 3.8) is 0 Å². The Morgan fingerprint density at radius 3 is 3.06 bits per heavy atom. The minimum absolute atomic E-state index is 0.224. The molecule has 0 saturated carbocycles. The number of rotatable bonds is 3. The van der Waals surface area contributed by atoms with Gasteiger partial charge in [-0.25, -0.2) is 0 Å². The van der Waals surface area contributed by atoms with E-state index in [1.165, 1.54) is 0 Å². The van der Waals surface area contributed by atoms with Gasteiger partial charge in [-0.05, 0) is 31.7 Å². The van der Waals surface area contributed by atoms with Crippen molar-refractivity contribution in [2.75, 3.05) is 31.6 Å². The average molecular weight is 245 g/mol. The molecule has 1 atom stereocenters. The number of nitriles is 1. The molecule has 1 aliphatic rings. The van der Waals surface area contributed by atoms with E-state index in [-0.39, 0.29) is 6.10 Å². The van der Waals surface area contributed by atoms with Crippen LogP contribution in [0.4, 0.5) is 5.69 Å². The topological polar surface area (TPSA) is 48.3 Å². The molecule has 1 aromatic carbocycles. The SMILES string of the molecule is CNCc1ccc(N2CCOC(C)C2)c(C#N)c1. The Morgan fingerprint density at radius 2 is 2.39 bits per heavy atom. The molecule has 18 heavy (non-hydrogen) atoms. The van der Waals surface area contributed by atoms with E-state index in [4.69, 9.17) is 4.74 Å². The summed E-state index contributed by atoms with van der Waals surface area (Å²) in [7, 11) is 1.91. The van der Waals surface area contributed by atoms with Crippen LogP contribution < -0.4 is 10.2 Å². The molecule has 1 N–H and O–H groups in total. The fourth-order valence-electron chi connectivity index (χ4n) is 2.30. The van der Waals surface area contributed by atoms with Gasteiger partial charge in [-0.3, -0.25) is 0 Å². The molecule has 0 aliphatic carbocycles. The Morgan fingerprint density at radius 1 is 1.56 bits per heavy atom. The summed E-state index contributed by atoms with van der Waals surface area (Å²) in [5.74, 6) is 0. The van der Waals surface area contributed by atoms with Crippen LogP contribution in [0.2, 0.25) is 0 Å². The fourth-order valence-corrected chi connectivity index (χ4v) is 2.30. The Bertz CT molecular complexity index is 453. The average Bonchev–Trinajstić information content (AvgIpc) is 2.39. The number of anilines is 1. The van der Waals surface area contributed by atoms with Crippen LogP contribution >= 0.6 is 0 Å². The third-order valence-corrected chi connectivity index (χ3v) is 3.14. The molecule has 0 amide bonds. The minimum Gasteiger partial charge on any atom is -0.375 e. The molecule has 1 unspecified atom stereocenters. The Balaban J connectivity index is 2.24. The van der Waals surface area contributed by atoms with Crippen LogP contribution in [0.3, 0.4) is 0 Å². The normalized spacial score (nSPS) is 19.6. The first kappa shape index (κ1) is 12.9. The molecule has 2 rings (SSSR count). The highest BCUT2D eigenvalue weighted by Crippen LogP contribution is 2.23. The molecule has 0 radical (unpaired) electrons. The lowest BCUT2D eigenvalue weighted by Crippen LogP contribution is -2.41. The Labute approximate surface area is 108 Å². The second-order valence-corrected chi connectivity index (χ2v) is 4.62. The summed E-state index contributed by atoms with van der Waals surface area (Å²) < 4.78 is 5.53. The maximum atomic E-state index is 9.28. The number of benzene rings is 1. The number of hydrogen-bond donors (Lipinski definition) is 1. The molecule has 1 saturated heterocycles. The van der Waals surface area contributed by atoms with Crippen molar-refractivity contribution in [2.45, 2.75) is 19.6 Å². The van der Waals surface area contributed by atoms with Crippen LogP contribution in [-0.2, 0) is 11.3 Å². The maximum absolute atomic E-state index is 9.28. The summed E-state index contributed by atoms with van der Waals surface area (Å²) in [6, 6.07) is 8.38. The van der Waals surface area contributed by atoms with Crippen LogP contribution in [-0.4, -0.2) is 32.8 Å². The molecular formula is C14H19N3O. The van der Waals surface area contributed by atoms with Crippen molar-refractivity contribution < 1.29 is 4.74 Å². The minimum atomic E-state index is 0.224. The summed E-state index contributed by atoms with van der Waals surface area (Å²) in [6.07, 6.45) is 0.224. The number of ether oxygens (including phenoxy) is 1. The van der Waals surface area contributed by atoms with E-state index in [1.54, 1.807) is 0 Å². The molecular weight excluding hydrogens is 226 g/mol. The molecule has 4 nitrogen and oxygen atoms in total. The summed E-state index contributed by atoms with van der Waals surface area (Å²) in [5, 5.41) is 12.4. The van der Waals surface area contributed by atoms with E-state index in [0.29, 0.717) is 0 Å². The van der Waals surface area contributed by atoms with Crippen molar-refractivity contribution in [3.8, 4) is 6.07 Å². The molecule has 96 valence electrons. The highest BCUT2D eigenvalue weighted by atomic mass is 16.5. The fraction of sp³-hybridized carbons (Fsp3) is 0.500. The van der Waals surface area contributed by atoms with Crippen molar-refractivity contribution >= 4 is 5.69 Å². The predicted octanol–water partition coefficient (Wildman–Crippen LogP) is 1.50. The maximum Gasteiger partial charge on any atom is 0.101 e. The van der Waals surface area contributed by atoms with Crippen molar-refractivity contribution in [2.24, 2.45) is 0 Å². The first-order valence-corrected chi connectivity index (χ1v) is 6.28. The van der Waals surface area contributed by atoms with Crippen molar-refractivity contribution in [1.29, 1.82) is 5.26 Å². The third kappa shape index (κ3) is 2.81. The van der Waals surface area contributed by atoms with Gasteiger partial charge in [0.15, 0.2) is 0 Å². The smallest absolute Gasteiger partial charge is 0.101 e. The van der Waals surface area contributed by atoms with Gasteiger partial charge in [0.05, 0.1) is 24.0 Å². The highest BCUT2D eigenvalue weighted by molar-refractivity contribution is 5.60. The summed E-state index contributed by atoms with van der Waals surface area (Å²) >= 11 is 0. The first-order valence-electron chi connectivity index (χ1n) is 6.28. The number of nitrogens with zero attached hydrogens (tertiary/aromatic N) is 2. The number of nitrogens with one attached hydrogen (secondary N) is 1. The molecule has 0 spiro atoms. The zero-order chi connectivity index (χ0) is 13.0. The van der Waals surface area contributed by atoms with Crippen LogP contribution in [0.25, 0.3) is 0 Å². The van der Waals surface area contributed by atoms with E-state index in [2.05, 4.69) is 29.3 Å². The molecule has 1 heterocycles. The van der Waals surface area contributed by atoms with Gasteiger partial charge in [0.1, 0.15) is 6.07 Å². The van der Waals surface area contributed by atoms with Gasteiger partial charge in [0, 0.05) is 19.6 Å². The van der Waals surface area contributed by atoms with E-state index in [0.717, 1.165) is 43.1 Å². The summed E-state index contributed by atoms with van der Waals surface area (Å²) in [5.41, 5.74) is 2.91. The molecule has 1 aliphatic heterocycles. The first-order chi connectivity index (χ1) is 8.74. The van der Waals surface area contributed by atoms with E-state index < -0.39 is 0 Å². The highest BCUT2D eigenvalue weighted by Gasteiger charge is 2.19. The number of hydrogen-bond acceptors (Lipinski definition) is 4. The van der Waals surface area contributed by atoms with Crippen molar-refractivity contribution in [3.05, 3.63) is 29.3 Å². The third-order valence-electron chi connectivity index (χ3n) is 3.14. The van der Waals surface area contributed by atoms with Gasteiger partial charge >= 0.3 is 0 Å². The Hall–Kier alpha value is -1.57. The number of morpholine rings is 1. The molecule has 1 fully saturated rings. The van der Waals surface area contributed by atoms with Crippen LogP contribution in [0.15, 0.2) is 18.2 Å². The molecule has 0 aromatic heterocycles. The van der Waals surface area contributed by atoms with Gasteiger partial charge in [-0.2, -0.15) is 5.26 Å². The van der Waals surface area contributed by atoms with Gasteiger partial charge in [-0.1, -0.05) is 6.07 Å². The lowest BCUT2D eigenvalue weighted by molar-refractivity contribution is 0.0532. The second kappa shape index (κ2) is 5.85. The van der Waals surface area contributed by atoms with Gasteiger partial charge in [-0.15, -0.1) is 0 Å². The van der Waals surface area contributed by atoms with Crippen LogP contribution in [0.5, 0.6) is 0 Å². The summed E-state index contributed by atoms with van der Waals surface area (Å²) in [6.45, 7) is 5.27. The standard InChI is InChI=1S/C14H19N3O/c1-11-10-17(5-6-18-11)14-4-3-12(9-16-2)7-13(14)8-15/h3-4,7,11,16H,5-6,9-10H2,1-2H3. The zero-order valence-electron chi connectivity index (χ0n) is 10.9. The molecule has 4 heteroatoms. The second-order valence-electron chi connectivity index (χ2n) is 4.62. The van der Waals surface area contributed by atoms with Crippen LogP contribution in [0, 0.1) is 11.3 Å². The van der Waals surface area contributed by atoms with Gasteiger partial charge < -0.3 is 15.0 Å². The summed E-state index contributed by atoms with van der Waals surface area (Å²) in [4.78, 5) is 2.23. The van der Waals surface area contributed by atoms with Crippen molar-refractivity contribution in [1.82, 2.24) is 5.32 Å². The largest absolute Gasteiger partial charge is 0.375 e. The zero-order valence-corrected chi connectivity index (χ0v) is 10.9. The van der Waals surface area contributed by atoms with E-state index in [1.807, 2.05) is 19.2 Å². The van der Waals surface area contributed by atoms with E-state index in [9.17, 15) is 5.26 Å². The lowest BCUT2D eigenvalue weighted by Gasteiger charge is -2.33. The monoisotopic (exact) mass is 245 g/mol. The van der Waals surface area contributed by atoms with E-state index >= 15 is 0 Å². The molecule has 1 aromatic rings. The molecule has 0 bridgehead atoms. The Kier molecular flexibility index (Phi) is 4.19.